The van der Waals surface area contributed by atoms with Gasteiger partial charge < -0.3 is 27.7 Å². The van der Waals surface area contributed by atoms with Crippen molar-refractivity contribution in [1.82, 2.24) is 20.0 Å². The van der Waals surface area contributed by atoms with Crippen LogP contribution in [-0.4, -0.2) is 60.7 Å². The van der Waals surface area contributed by atoms with Crippen molar-refractivity contribution in [3.63, 3.8) is 0 Å². The number of fused-ring (bicyclic) bond motifs is 1. The Kier molecular flexibility index (Phi) is 8.35. The van der Waals surface area contributed by atoms with Gasteiger partial charge in [-0.2, -0.15) is 4.98 Å². The molecule has 1 saturated heterocycles. The number of nitrogens with zero attached hydrogens (tertiary/aromatic N) is 4. The highest BCUT2D eigenvalue weighted by Crippen LogP contribution is 2.29. The van der Waals surface area contributed by atoms with E-state index in [0.29, 0.717) is 42.8 Å². The molecular weight excluding hydrogens is 492 g/mol. The number of carbonyl (C=O) groups is 1. The van der Waals surface area contributed by atoms with Crippen molar-refractivity contribution in [3.8, 4) is 11.7 Å². The van der Waals surface area contributed by atoms with Gasteiger partial charge in [0.15, 0.2) is 21.3 Å². The number of piperidine rings is 1. The highest BCUT2D eigenvalue weighted by Gasteiger charge is 2.27. The van der Waals surface area contributed by atoms with Crippen LogP contribution in [0.15, 0.2) is 27.3 Å². The molecule has 0 atom stereocenters. The molecule has 1 aliphatic heterocycles. The monoisotopic (exact) mass is 530 g/mol. The van der Waals surface area contributed by atoms with Gasteiger partial charge in [0.1, 0.15) is 17.8 Å². The normalized spacial score (nSPS) is 15.8. The number of pyridine rings is 1. The second-order valence-electron chi connectivity index (χ2n) is 11.6. The zero-order valence-electron chi connectivity index (χ0n) is 22.7. The lowest BCUT2D eigenvalue weighted by atomic mass is 10.0. The topological polar surface area (TPSA) is 113 Å². The van der Waals surface area contributed by atoms with E-state index in [2.05, 4.69) is 35.9 Å². The summed E-state index contributed by atoms with van der Waals surface area (Å²) in [6, 6.07) is 4.80. The van der Waals surface area contributed by atoms with Gasteiger partial charge in [-0.25, -0.2) is 4.79 Å². The van der Waals surface area contributed by atoms with E-state index in [9.17, 15) is 4.79 Å². The number of ether oxygens (including phenoxy) is 2. The Bertz CT molecular complexity index is 1190. The summed E-state index contributed by atoms with van der Waals surface area (Å²) >= 11 is 0. The first-order valence-corrected chi connectivity index (χ1v) is 14.4. The average molecular weight is 531 g/mol. The van der Waals surface area contributed by atoms with Gasteiger partial charge >= 0.3 is 6.09 Å². The van der Waals surface area contributed by atoms with Gasteiger partial charge in [-0.3, -0.25) is 4.98 Å². The van der Waals surface area contributed by atoms with Crippen molar-refractivity contribution in [3.05, 3.63) is 29.8 Å². The highest BCUT2D eigenvalue weighted by atomic mass is 28.2. The minimum atomic E-state index is -0.624. The summed E-state index contributed by atoms with van der Waals surface area (Å²) < 4.78 is 28.8. The third-order valence-electron chi connectivity index (χ3n) is 5.98. The van der Waals surface area contributed by atoms with Crippen LogP contribution < -0.4 is 0 Å². The van der Waals surface area contributed by atoms with Crippen LogP contribution in [0.3, 0.4) is 0 Å². The quantitative estimate of drug-likeness (QED) is 0.298. The maximum Gasteiger partial charge on any atom is 0.410 e. The summed E-state index contributed by atoms with van der Waals surface area (Å²) in [6.45, 7) is 14.2. The standard InChI is InChI=1S/C26H38N4O6Si/c1-25(2,3)16-37-33-14-19-18-13-21(34-20(18)7-10-27-19)23-28-22(29-36-23)15-32-17-8-11-30(12-9-17)24(31)35-26(4,5)6/h7,10,13,17H,8-9,11-12,14-16,37H2,1-6H3. The lowest BCUT2D eigenvalue weighted by molar-refractivity contribution is -0.0190. The van der Waals surface area contributed by atoms with Crippen molar-refractivity contribution in [2.24, 2.45) is 5.41 Å². The Balaban J connectivity index is 1.29. The largest absolute Gasteiger partial charge is 0.451 e. The predicted octanol–water partition coefficient (Wildman–Crippen LogP) is 4.86. The molecule has 10 nitrogen and oxygen atoms in total. The molecule has 1 amide bonds. The zero-order chi connectivity index (χ0) is 26.6. The second kappa shape index (κ2) is 11.3. The van der Waals surface area contributed by atoms with E-state index in [4.69, 9.17) is 22.8 Å². The van der Waals surface area contributed by atoms with Crippen LogP contribution in [0.2, 0.25) is 6.04 Å². The van der Waals surface area contributed by atoms with Crippen LogP contribution in [0, 0.1) is 5.41 Å². The molecule has 0 radical (unpaired) electrons. The molecule has 0 aromatic carbocycles. The van der Waals surface area contributed by atoms with Crippen LogP contribution in [0.5, 0.6) is 0 Å². The van der Waals surface area contributed by atoms with Gasteiger partial charge in [-0.1, -0.05) is 25.9 Å². The van der Waals surface area contributed by atoms with Gasteiger partial charge in [-0.15, -0.1) is 0 Å². The summed E-state index contributed by atoms with van der Waals surface area (Å²) in [7, 11) is -0.624. The van der Waals surface area contributed by atoms with E-state index in [-0.39, 0.29) is 24.2 Å². The Morgan fingerprint density at radius 1 is 1.16 bits per heavy atom. The lowest BCUT2D eigenvalue weighted by Crippen LogP contribution is -2.43. The Morgan fingerprint density at radius 3 is 2.62 bits per heavy atom. The van der Waals surface area contributed by atoms with Crippen molar-refractivity contribution in [2.75, 3.05) is 13.1 Å². The van der Waals surface area contributed by atoms with Gasteiger partial charge in [0.25, 0.3) is 5.89 Å². The molecule has 11 heteroatoms. The SMILES string of the molecule is CC(C)(C)C[SiH2]OCc1nccc2oc(-c3nc(COC4CCN(C(=O)OC(C)(C)C)CC4)no3)cc12. The molecule has 0 N–H and O–H groups in total. The summed E-state index contributed by atoms with van der Waals surface area (Å²) in [5.74, 6) is 1.23. The third kappa shape index (κ3) is 7.86. The maximum atomic E-state index is 12.2. The highest BCUT2D eigenvalue weighted by molar-refractivity contribution is 6.27. The molecule has 202 valence electrons. The molecule has 3 aromatic heterocycles. The van der Waals surface area contributed by atoms with Gasteiger partial charge in [0.2, 0.25) is 0 Å². The van der Waals surface area contributed by atoms with Crippen LogP contribution in [0.25, 0.3) is 22.6 Å². The number of furan rings is 1. The van der Waals surface area contributed by atoms with E-state index in [1.165, 1.54) is 0 Å². The summed E-state index contributed by atoms with van der Waals surface area (Å²) in [6.07, 6.45) is 2.91. The maximum absolute atomic E-state index is 12.2. The smallest absolute Gasteiger partial charge is 0.410 e. The van der Waals surface area contributed by atoms with Crippen molar-refractivity contribution < 1.29 is 27.6 Å². The molecule has 1 aliphatic rings. The third-order valence-corrected chi connectivity index (χ3v) is 8.18. The summed E-state index contributed by atoms with van der Waals surface area (Å²) in [5, 5.41) is 4.93. The fourth-order valence-electron chi connectivity index (χ4n) is 3.92. The molecular formula is C26H38N4O6Si. The molecule has 0 saturated carbocycles. The Labute approximate surface area is 220 Å². The number of rotatable bonds is 8. The number of hydrogen-bond acceptors (Lipinski definition) is 9. The molecule has 0 aliphatic carbocycles. The van der Waals surface area contributed by atoms with Crippen molar-refractivity contribution in [2.45, 2.75) is 85.3 Å². The van der Waals surface area contributed by atoms with E-state index in [0.717, 1.165) is 30.0 Å². The minimum Gasteiger partial charge on any atom is -0.451 e. The van der Waals surface area contributed by atoms with Crippen LogP contribution >= 0.6 is 0 Å². The van der Waals surface area contributed by atoms with Gasteiger partial charge in [-0.05, 0) is 57.2 Å². The predicted molar refractivity (Wildman–Crippen MR) is 141 cm³/mol. The number of aromatic nitrogens is 3. The minimum absolute atomic E-state index is 0.0160. The molecule has 4 rings (SSSR count). The van der Waals surface area contributed by atoms with Crippen LogP contribution in [0.1, 0.15) is 65.9 Å². The summed E-state index contributed by atoms with van der Waals surface area (Å²) in [4.78, 5) is 22.9. The molecule has 3 aromatic rings. The van der Waals surface area contributed by atoms with E-state index < -0.39 is 15.4 Å². The van der Waals surface area contributed by atoms with Crippen LogP contribution in [-0.2, 0) is 27.1 Å². The fourth-order valence-corrected chi connectivity index (χ4v) is 5.02. The molecule has 4 heterocycles. The average Bonchev–Trinajstić information content (AvgIpc) is 3.46. The Hall–Kier alpha value is -2.76. The second-order valence-corrected chi connectivity index (χ2v) is 13.0. The van der Waals surface area contributed by atoms with E-state index in [1.807, 2.05) is 32.9 Å². The number of hydrogen-bond donors (Lipinski definition) is 0. The summed E-state index contributed by atoms with van der Waals surface area (Å²) in [5.41, 5.74) is 1.33. The van der Waals surface area contributed by atoms with Crippen molar-refractivity contribution in [1.29, 1.82) is 0 Å². The molecule has 1 fully saturated rings. The van der Waals surface area contributed by atoms with Gasteiger partial charge in [0.05, 0.1) is 18.4 Å². The molecule has 0 spiro atoms. The molecule has 0 unspecified atom stereocenters. The number of carbonyl (C=O) groups excluding carboxylic acids is 1. The van der Waals surface area contributed by atoms with Crippen molar-refractivity contribution >= 4 is 26.8 Å². The first-order valence-electron chi connectivity index (χ1n) is 12.8. The van der Waals surface area contributed by atoms with Crippen LogP contribution in [0.4, 0.5) is 4.79 Å². The number of amides is 1. The first kappa shape index (κ1) is 27.3. The van der Waals surface area contributed by atoms with Gasteiger partial charge in [0, 0.05) is 24.7 Å². The fraction of sp³-hybridized carbons (Fsp3) is 0.615. The lowest BCUT2D eigenvalue weighted by Gasteiger charge is -2.33. The Morgan fingerprint density at radius 2 is 1.92 bits per heavy atom. The molecule has 37 heavy (non-hydrogen) atoms. The molecule has 0 bridgehead atoms. The zero-order valence-corrected chi connectivity index (χ0v) is 24.1. The van der Waals surface area contributed by atoms with E-state index >= 15 is 0 Å². The number of likely N-dealkylation sites (tertiary alicyclic amines) is 1. The first-order chi connectivity index (χ1) is 17.5. The van der Waals surface area contributed by atoms with E-state index in [1.54, 1.807) is 11.1 Å².